The van der Waals surface area contributed by atoms with Gasteiger partial charge in [-0.15, -0.1) is 0 Å². The number of hydrogen-bond acceptors (Lipinski definition) is 6. The van der Waals surface area contributed by atoms with Gasteiger partial charge in [-0.05, 0) is 62.8 Å². The van der Waals surface area contributed by atoms with Gasteiger partial charge in [0.25, 0.3) is 0 Å². The van der Waals surface area contributed by atoms with Crippen molar-refractivity contribution >= 4 is 11.6 Å². The molecule has 1 saturated carbocycles. The highest BCUT2D eigenvalue weighted by Gasteiger charge is 2.26. The van der Waals surface area contributed by atoms with Crippen molar-refractivity contribution < 1.29 is 9.53 Å². The number of piperazine rings is 1. The number of hydrogen-bond donors (Lipinski definition) is 0. The Balaban J connectivity index is 1.02. The number of carbonyl (C=O) groups excluding carboxylic acids is 1. The number of rotatable bonds is 7. The topological polar surface area (TPSA) is 58.6 Å². The van der Waals surface area contributed by atoms with E-state index in [0.29, 0.717) is 12.3 Å². The predicted octanol–water partition coefficient (Wildman–Crippen LogP) is 4.31. The van der Waals surface area contributed by atoms with E-state index < -0.39 is 0 Å². The molecule has 0 aromatic carbocycles. The number of aromatic nitrogens is 2. The van der Waals surface area contributed by atoms with Gasteiger partial charge in [0.05, 0.1) is 6.61 Å². The third-order valence-corrected chi connectivity index (χ3v) is 7.80. The quantitative estimate of drug-likeness (QED) is 0.588. The Kier molecular flexibility index (Phi) is 6.91. The number of aryl methyl sites for hydroxylation is 1. The van der Waals surface area contributed by atoms with Gasteiger partial charge >= 0.3 is 0 Å². The Morgan fingerprint density at radius 1 is 1.03 bits per heavy atom. The largest absolute Gasteiger partial charge is 0.493 e. The van der Waals surface area contributed by atoms with E-state index in [4.69, 9.17) is 4.74 Å². The molecular formula is C27H36N4O2. The molecule has 6 heteroatoms. The molecule has 1 saturated heterocycles. The number of fused-ring (bicyclic) bond motifs is 1. The van der Waals surface area contributed by atoms with E-state index >= 15 is 0 Å². The second-order valence-electron chi connectivity index (χ2n) is 10.0. The maximum atomic E-state index is 12.6. The lowest BCUT2D eigenvalue weighted by molar-refractivity contribution is 0.0939. The van der Waals surface area contributed by atoms with Crippen LogP contribution < -0.4 is 9.64 Å². The van der Waals surface area contributed by atoms with Gasteiger partial charge < -0.3 is 9.64 Å². The van der Waals surface area contributed by atoms with Crippen LogP contribution in [-0.2, 0) is 6.42 Å². The normalized spacial score (nSPS) is 23.2. The minimum absolute atomic E-state index is 0.258. The zero-order chi connectivity index (χ0) is 22.6. The molecule has 1 aliphatic carbocycles. The van der Waals surface area contributed by atoms with Crippen LogP contribution in [0.25, 0.3) is 0 Å². The molecule has 0 radical (unpaired) electrons. The Bertz CT molecular complexity index is 945. The molecule has 6 nitrogen and oxygen atoms in total. The first-order chi connectivity index (χ1) is 16.2. The average molecular weight is 449 g/mol. The number of Topliss-reactive ketones (excluding diaryl/α,β-unsaturated/α-hetero) is 1. The molecule has 0 atom stereocenters. The van der Waals surface area contributed by atoms with Gasteiger partial charge in [-0.25, -0.2) is 4.98 Å². The monoisotopic (exact) mass is 448 g/mol. The van der Waals surface area contributed by atoms with Crippen molar-refractivity contribution in [2.75, 3.05) is 44.2 Å². The third kappa shape index (κ3) is 5.37. The summed E-state index contributed by atoms with van der Waals surface area (Å²) in [4.78, 5) is 26.6. The summed E-state index contributed by atoms with van der Waals surface area (Å²) in [5.74, 6) is 3.78. The molecule has 33 heavy (non-hydrogen) atoms. The summed E-state index contributed by atoms with van der Waals surface area (Å²) in [7, 11) is 0. The highest BCUT2D eigenvalue weighted by molar-refractivity contribution is 5.95. The van der Waals surface area contributed by atoms with Crippen LogP contribution in [0.1, 0.15) is 60.1 Å². The molecule has 2 aromatic rings. The molecule has 2 fully saturated rings. The first-order valence-corrected chi connectivity index (χ1v) is 12.7. The third-order valence-electron chi connectivity index (χ3n) is 7.80. The van der Waals surface area contributed by atoms with Crippen molar-refractivity contribution in [3.05, 3.63) is 47.4 Å². The van der Waals surface area contributed by atoms with Gasteiger partial charge in [0.1, 0.15) is 11.6 Å². The molecule has 4 heterocycles. The highest BCUT2D eigenvalue weighted by atomic mass is 16.5. The Morgan fingerprint density at radius 2 is 1.82 bits per heavy atom. The summed E-state index contributed by atoms with van der Waals surface area (Å²) in [5, 5.41) is 0. The number of carbonyl (C=O) groups is 1. The molecule has 2 aliphatic heterocycles. The Hall–Kier alpha value is -2.47. The van der Waals surface area contributed by atoms with Crippen molar-refractivity contribution in [3.8, 4) is 5.75 Å². The average Bonchev–Trinajstić information content (AvgIpc) is 3.34. The van der Waals surface area contributed by atoms with Crippen LogP contribution in [0.4, 0.5) is 5.82 Å². The van der Waals surface area contributed by atoms with Crippen LogP contribution >= 0.6 is 0 Å². The number of ether oxygens (including phenoxy) is 1. The fourth-order valence-corrected chi connectivity index (χ4v) is 5.66. The van der Waals surface area contributed by atoms with Crippen molar-refractivity contribution in [2.45, 2.75) is 51.9 Å². The Labute approximate surface area is 197 Å². The van der Waals surface area contributed by atoms with Crippen molar-refractivity contribution in [1.82, 2.24) is 14.9 Å². The summed E-state index contributed by atoms with van der Waals surface area (Å²) < 4.78 is 5.71. The summed E-state index contributed by atoms with van der Waals surface area (Å²) in [6.45, 7) is 8.25. The maximum absolute atomic E-state index is 12.6. The lowest BCUT2D eigenvalue weighted by atomic mass is 9.78. The lowest BCUT2D eigenvalue weighted by Gasteiger charge is -2.37. The number of pyridine rings is 2. The predicted molar refractivity (Wildman–Crippen MR) is 130 cm³/mol. The molecule has 176 valence electrons. The van der Waals surface area contributed by atoms with Gasteiger partial charge in [0, 0.05) is 68.2 Å². The smallest absolute Gasteiger partial charge is 0.164 e. The van der Waals surface area contributed by atoms with Gasteiger partial charge in [0.15, 0.2) is 5.78 Å². The molecule has 0 bridgehead atoms. The zero-order valence-electron chi connectivity index (χ0n) is 19.8. The molecule has 0 spiro atoms. The minimum Gasteiger partial charge on any atom is -0.493 e. The molecule has 2 aromatic heterocycles. The van der Waals surface area contributed by atoms with E-state index in [0.717, 1.165) is 67.9 Å². The molecule has 0 N–H and O–H groups in total. The number of anilines is 1. The second-order valence-corrected chi connectivity index (χ2v) is 10.0. The maximum Gasteiger partial charge on any atom is 0.164 e. The molecule has 3 aliphatic rings. The van der Waals surface area contributed by atoms with Gasteiger partial charge in [-0.1, -0.05) is 12.8 Å². The van der Waals surface area contributed by atoms with E-state index in [-0.39, 0.29) is 5.78 Å². The van der Waals surface area contributed by atoms with E-state index in [1.54, 1.807) is 6.20 Å². The molecule has 0 unspecified atom stereocenters. The number of nitrogens with zero attached hydrogens (tertiary/aromatic N) is 4. The van der Waals surface area contributed by atoms with Gasteiger partial charge in [0.2, 0.25) is 0 Å². The van der Waals surface area contributed by atoms with Crippen LogP contribution in [0, 0.1) is 18.8 Å². The van der Waals surface area contributed by atoms with Crippen LogP contribution in [0.15, 0.2) is 30.6 Å². The SMILES string of the molecule is Cc1ccc(C(=O)CC2CCC(CCN3CCN(c4nccc5c4CCO5)CC3)CC2)cn1. The molecule has 5 rings (SSSR count). The lowest BCUT2D eigenvalue weighted by Crippen LogP contribution is -2.47. The van der Waals surface area contributed by atoms with E-state index in [9.17, 15) is 4.79 Å². The zero-order valence-corrected chi connectivity index (χ0v) is 19.8. The minimum atomic E-state index is 0.258. The fourth-order valence-electron chi connectivity index (χ4n) is 5.66. The first-order valence-electron chi connectivity index (χ1n) is 12.7. The van der Waals surface area contributed by atoms with E-state index in [1.807, 2.05) is 31.3 Å². The summed E-state index contributed by atoms with van der Waals surface area (Å²) in [5.41, 5.74) is 3.02. The van der Waals surface area contributed by atoms with Crippen molar-refractivity contribution in [2.24, 2.45) is 11.8 Å². The van der Waals surface area contributed by atoms with Crippen LogP contribution in [0.3, 0.4) is 0 Å². The summed E-state index contributed by atoms with van der Waals surface area (Å²) >= 11 is 0. The van der Waals surface area contributed by atoms with E-state index in [2.05, 4.69) is 19.8 Å². The molecular weight excluding hydrogens is 412 g/mol. The van der Waals surface area contributed by atoms with Crippen LogP contribution in [0.2, 0.25) is 0 Å². The summed E-state index contributed by atoms with van der Waals surface area (Å²) in [6, 6.07) is 5.85. The molecule has 0 amide bonds. The standard InChI is InChI=1S/C27H36N4O2/c1-20-2-7-23(19-29-20)25(32)18-22-5-3-21(4-6-22)9-12-30-13-15-31(16-14-30)27-24-10-17-33-26(24)8-11-28-27/h2,7-8,11,19,21-22H,3-6,9-10,12-18H2,1H3. The summed E-state index contributed by atoms with van der Waals surface area (Å²) in [6.07, 6.45) is 11.5. The van der Waals surface area contributed by atoms with Gasteiger partial charge in [-0.3, -0.25) is 14.7 Å². The highest BCUT2D eigenvalue weighted by Crippen LogP contribution is 2.34. The Morgan fingerprint density at radius 3 is 2.58 bits per heavy atom. The first kappa shape index (κ1) is 22.3. The van der Waals surface area contributed by atoms with Crippen LogP contribution in [0.5, 0.6) is 5.75 Å². The van der Waals surface area contributed by atoms with Crippen LogP contribution in [-0.4, -0.2) is 60.0 Å². The second kappa shape index (κ2) is 10.2. The van der Waals surface area contributed by atoms with Crippen molar-refractivity contribution in [1.29, 1.82) is 0 Å². The van der Waals surface area contributed by atoms with Crippen molar-refractivity contribution in [3.63, 3.8) is 0 Å². The van der Waals surface area contributed by atoms with Gasteiger partial charge in [-0.2, -0.15) is 0 Å². The fraction of sp³-hybridized carbons (Fsp3) is 0.593. The van der Waals surface area contributed by atoms with E-state index in [1.165, 1.54) is 44.2 Å². The number of ketones is 1.